The van der Waals surface area contributed by atoms with E-state index in [1.807, 2.05) is 13.8 Å². The summed E-state index contributed by atoms with van der Waals surface area (Å²) in [6.07, 6.45) is 1.50. The molecule has 162 valence electrons. The highest BCUT2D eigenvalue weighted by Crippen LogP contribution is 2.41. The third-order valence-corrected chi connectivity index (χ3v) is 5.95. The Labute approximate surface area is 175 Å². The van der Waals surface area contributed by atoms with E-state index in [1.165, 1.54) is 12.1 Å². The van der Waals surface area contributed by atoms with Crippen LogP contribution in [-0.2, 0) is 14.8 Å². The number of rotatable bonds is 6. The number of methoxy groups -OCH3 is 1. The molecule has 1 aliphatic rings. The lowest BCUT2D eigenvalue weighted by atomic mass is 9.89. The van der Waals surface area contributed by atoms with Crippen LogP contribution >= 0.6 is 0 Å². The molecule has 0 bridgehead atoms. The number of fused-ring (bicyclic) bond motifs is 1. The summed E-state index contributed by atoms with van der Waals surface area (Å²) in [6.45, 7) is 3.41. The number of carbonyl (C=O) groups excluding carboxylic acids is 1. The van der Waals surface area contributed by atoms with Crippen molar-refractivity contribution >= 4 is 21.6 Å². The Morgan fingerprint density at radius 1 is 1.27 bits per heavy atom. The van der Waals surface area contributed by atoms with Gasteiger partial charge in [0.1, 0.15) is 29.5 Å². The molecule has 3 rings (SSSR count). The second-order valence-corrected chi connectivity index (χ2v) is 9.74. The Hall–Kier alpha value is -2.81. The maximum Gasteiger partial charge on any atom is 0.241 e. The topological polar surface area (TPSA) is 84.9 Å². The first-order chi connectivity index (χ1) is 14.0. The zero-order valence-corrected chi connectivity index (χ0v) is 18.1. The summed E-state index contributed by atoms with van der Waals surface area (Å²) in [5.41, 5.74) is 0.450. The van der Waals surface area contributed by atoms with Crippen molar-refractivity contribution in [1.82, 2.24) is 5.32 Å². The number of nitrogens with one attached hydrogen (secondary N) is 1. The normalized spacial score (nSPS) is 17.4. The quantitative estimate of drug-likeness (QED) is 0.753. The number of sulfonamides is 1. The average molecular weight is 437 g/mol. The summed E-state index contributed by atoms with van der Waals surface area (Å²) >= 11 is 0. The van der Waals surface area contributed by atoms with Crippen molar-refractivity contribution in [2.24, 2.45) is 0 Å². The first-order valence-corrected chi connectivity index (χ1v) is 11.2. The van der Waals surface area contributed by atoms with Crippen molar-refractivity contribution in [3.8, 4) is 11.5 Å². The second kappa shape index (κ2) is 8.14. The van der Waals surface area contributed by atoms with E-state index in [0.29, 0.717) is 17.9 Å². The molecule has 1 aliphatic heterocycles. The average Bonchev–Trinajstić information content (AvgIpc) is 2.65. The van der Waals surface area contributed by atoms with E-state index in [4.69, 9.17) is 9.47 Å². The highest BCUT2D eigenvalue weighted by molar-refractivity contribution is 7.92. The predicted octanol–water partition coefficient (Wildman–Crippen LogP) is 3.02. The number of benzene rings is 2. The second-order valence-electron chi connectivity index (χ2n) is 7.84. The molecule has 1 heterocycles. The summed E-state index contributed by atoms with van der Waals surface area (Å²) in [5, 5.41) is 2.91. The molecule has 1 amide bonds. The van der Waals surface area contributed by atoms with Crippen LogP contribution in [0.15, 0.2) is 42.5 Å². The predicted molar refractivity (Wildman–Crippen MR) is 112 cm³/mol. The van der Waals surface area contributed by atoms with Gasteiger partial charge >= 0.3 is 0 Å². The summed E-state index contributed by atoms with van der Waals surface area (Å²) in [4.78, 5) is 12.8. The largest absolute Gasteiger partial charge is 0.497 e. The highest BCUT2D eigenvalue weighted by Gasteiger charge is 2.35. The molecular formula is C21H25FN2O5S. The molecule has 0 aromatic heterocycles. The maximum absolute atomic E-state index is 13.2. The molecule has 1 atom stereocenters. The molecule has 1 N–H and O–H groups in total. The Bertz CT molecular complexity index is 1040. The van der Waals surface area contributed by atoms with Crippen molar-refractivity contribution in [1.29, 1.82) is 0 Å². The number of nitrogens with zero attached hydrogens (tertiary/aromatic N) is 1. The SMILES string of the molecule is COc1ccc2c(c1)[C@@H](NC(=O)CN(c1ccc(F)cc1)S(C)(=O)=O)CC(C)(C)O2. The minimum atomic E-state index is -3.76. The highest BCUT2D eigenvalue weighted by atomic mass is 32.2. The van der Waals surface area contributed by atoms with Crippen molar-refractivity contribution < 1.29 is 27.1 Å². The van der Waals surface area contributed by atoms with Crippen LogP contribution in [0.25, 0.3) is 0 Å². The van der Waals surface area contributed by atoms with Crippen LogP contribution in [0.1, 0.15) is 31.9 Å². The van der Waals surface area contributed by atoms with Gasteiger partial charge in [-0.1, -0.05) is 0 Å². The molecule has 0 aliphatic carbocycles. The molecule has 2 aromatic rings. The number of carbonyl (C=O) groups is 1. The molecule has 0 radical (unpaired) electrons. The number of halogens is 1. The van der Waals surface area contributed by atoms with Crippen LogP contribution in [0.5, 0.6) is 11.5 Å². The molecule has 7 nitrogen and oxygen atoms in total. The van der Waals surface area contributed by atoms with E-state index >= 15 is 0 Å². The smallest absolute Gasteiger partial charge is 0.241 e. The molecule has 0 saturated heterocycles. The van der Waals surface area contributed by atoms with Gasteiger partial charge in [-0.25, -0.2) is 12.8 Å². The van der Waals surface area contributed by atoms with Crippen LogP contribution in [0.3, 0.4) is 0 Å². The number of hydrogen-bond acceptors (Lipinski definition) is 5. The van der Waals surface area contributed by atoms with E-state index in [-0.39, 0.29) is 11.7 Å². The number of hydrogen-bond donors (Lipinski definition) is 1. The van der Waals surface area contributed by atoms with E-state index in [1.54, 1.807) is 25.3 Å². The molecule has 2 aromatic carbocycles. The first kappa shape index (κ1) is 21.9. The van der Waals surface area contributed by atoms with Crippen molar-refractivity contribution in [3.63, 3.8) is 0 Å². The van der Waals surface area contributed by atoms with Gasteiger partial charge in [0, 0.05) is 12.0 Å². The van der Waals surface area contributed by atoms with Gasteiger partial charge in [0.2, 0.25) is 15.9 Å². The summed E-state index contributed by atoms with van der Waals surface area (Å²) in [6, 6.07) is 9.91. The minimum Gasteiger partial charge on any atom is -0.497 e. The molecule has 0 fully saturated rings. The van der Waals surface area contributed by atoms with Gasteiger partial charge in [-0.3, -0.25) is 9.10 Å². The van der Waals surface area contributed by atoms with Gasteiger partial charge in [0.25, 0.3) is 0 Å². The van der Waals surface area contributed by atoms with Gasteiger partial charge in [-0.2, -0.15) is 0 Å². The Morgan fingerprint density at radius 3 is 2.53 bits per heavy atom. The number of anilines is 1. The number of amides is 1. The molecule has 0 unspecified atom stereocenters. The minimum absolute atomic E-state index is 0.212. The number of ether oxygens (including phenoxy) is 2. The van der Waals surface area contributed by atoms with Gasteiger partial charge in [-0.15, -0.1) is 0 Å². The van der Waals surface area contributed by atoms with Gasteiger partial charge in [0.05, 0.1) is 25.1 Å². The standard InChI is InChI=1S/C21H25FN2O5S/c1-21(2)12-18(17-11-16(28-3)9-10-19(17)29-21)23-20(25)13-24(30(4,26)27)15-7-5-14(22)6-8-15/h5-11,18H,12-13H2,1-4H3,(H,23,25)/t18-/m0/s1. The lowest BCUT2D eigenvalue weighted by molar-refractivity contribution is -0.120. The zero-order valence-electron chi connectivity index (χ0n) is 17.3. The molecule has 0 spiro atoms. The monoisotopic (exact) mass is 436 g/mol. The van der Waals surface area contributed by atoms with E-state index in [2.05, 4.69) is 5.32 Å². The summed E-state index contributed by atoms with van der Waals surface area (Å²) in [5.74, 6) is 0.282. The summed E-state index contributed by atoms with van der Waals surface area (Å²) in [7, 11) is -2.20. The van der Waals surface area contributed by atoms with Gasteiger partial charge in [0.15, 0.2) is 0 Å². The fraction of sp³-hybridized carbons (Fsp3) is 0.381. The Morgan fingerprint density at radius 2 is 1.93 bits per heavy atom. The Kier molecular flexibility index (Phi) is 5.94. The lowest BCUT2D eigenvalue weighted by Crippen LogP contribution is -2.45. The Balaban J connectivity index is 1.84. The van der Waals surface area contributed by atoms with Crippen molar-refractivity contribution in [3.05, 3.63) is 53.8 Å². The van der Waals surface area contributed by atoms with Gasteiger partial charge in [-0.05, 0) is 56.3 Å². The van der Waals surface area contributed by atoms with Crippen LogP contribution in [-0.4, -0.2) is 39.8 Å². The third-order valence-electron chi connectivity index (χ3n) is 4.81. The molecule has 30 heavy (non-hydrogen) atoms. The van der Waals surface area contributed by atoms with Crippen LogP contribution in [0.2, 0.25) is 0 Å². The van der Waals surface area contributed by atoms with Crippen LogP contribution in [0, 0.1) is 5.82 Å². The fourth-order valence-corrected chi connectivity index (χ4v) is 4.32. The van der Waals surface area contributed by atoms with Crippen LogP contribution < -0.4 is 19.1 Å². The van der Waals surface area contributed by atoms with Gasteiger partial charge < -0.3 is 14.8 Å². The van der Waals surface area contributed by atoms with E-state index < -0.39 is 33.9 Å². The zero-order chi connectivity index (χ0) is 22.1. The maximum atomic E-state index is 13.2. The van der Waals surface area contributed by atoms with E-state index in [0.717, 1.165) is 28.3 Å². The van der Waals surface area contributed by atoms with E-state index in [9.17, 15) is 17.6 Å². The molecule has 9 heteroatoms. The third kappa shape index (κ3) is 5.02. The van der Waals surface area contributed by atoms with Crippen LogP contribution in [0.4, 0.5) is 10.1 Å². The van der Waals surface area contributed by atoms with Crippen molar-refractivity contribution in [2.75, 3.05) is 24.2 Å². The summed E-state index contributed by atoms with van der Waals surface area (Å²) < 4.78 is 49.9. The van der Waals surface area contributed by atoms with Crippen molar-refractivity contribution in [2.45, 2.75) is 31.9 Å². The molecular weight excluding hydrogens is 411 g/mol. The lowest BCUT2D eigenvalue weighted by Gasteiger charge is -2.38. The fourth-order valence-electron chi connectivity index (χ4n) is 3.47. The first-order valence-electron chi connectivity index (χ1n) is 9.38. The molecule has 0 saturated carbocycles.